The summed E-state index contributed by atoms with van der Waals surface area (Å²) >= 11 is 10.7. The molecule has 2 rings (SSSR count). The van der Waals surface area contributed by atoms with E-state index < -0.39 is 11.8 Å². The summed E-state index contributed by atoms with van der Waals surface area (Å²) in [6.07, 6.45) is 0. The van der Waals surface area contributed by atoms with Crippen molar-refractivity contribution in [2.75, 3.05) is 6.61 Å². The molecule has 6 nitrogen and oxygen atoms in total. The Kier molecular flexibility index (Phi) is 7.37. The van der Waals surface area contributed by atoms with Crippen LogP contribution < -0.4 is 20.9 Å². The minimum absolute atomic E-state index is 0.0426. The maximum absolute atomic E-state index is 11.9. The van der Waals surface area contributed by atoms with Gasteiger partial charge in [0.1, 0.15) is 5.75 Å². The Labute approximate surface area is 174 Å². The number of thiocarbonyl (C=S) groups is 1. The predicted octanol–water partition coefficient (Wildman–Crippen LogP) is 3.35. The van der Waals surface area contributed by atoms with Crippen molar-refractivity contribution in [1.29, 1.82) is 0 Å². The molecule has 2 amide bonds. The normalized spacial score (nSPS) is 10.7. The van der Waals surface area contributed by atoms with Crippen LogP contribution in [0.4, 0.5) is 0 Å². The van der Waals surface area contributed by atoms with Crippen LogP contribution in [-0.2, 0) is 10.2 Å². The molecule has 0 aliphatic heterocycles. The number of benzene rings is 2. The quantitative estimate of drug-likeness (QED) is 0.523. The molecule has 0 aliphatic carbocycles. The van der Waals surface area contributed by atoms with Gasteiger partial charge in [0.25, 0.3) is 11.8 Å². The number of hydrazine groups is 1. The van der Waals surface area contributed by atoms with E-state index in [1.807, 2.05) is 24.3 Å². The summed E-state index contributed by atoms with van der Waals surface area (Å²) in [5.41, 5.74) is 6.46. The third-order valence-electron chi connectivity index (χ3n) is 3.74. The minimum atomic E-state index is -0.446. The first-order valence-electron chi connectivity index (χ1n) is 8.54. The van der Waals surface area contributed by atoms with E-state index in [0.717, 1.165) is 0 Å². The van der Waals surface area contributed by atoms with E-state index >= 15 is 0 Å². The maximum atomic E-state index is 11.9. The molecular formula is C20H22ClN3O3S. The highest BCUT2D eigenvalue weighted by Gasteiger charge is 2.13. The summed E-state index contributed by atoms with van der Waals surface area (Å²) in [5.74, 6) is -0.278. The van der Waals surface area contributed by atoms with Crippen molar-refractivity contribution in [3.63, 3.8) is 0 Å². The van der Waals surface area contributed by atoms with Crippen molar-refractivity contribution in [2.45, 2.75) is 26.2 Å². The number of rotatable bonds is 4. The summed E-state index contributed by atoms with van der Waals surface area (Å²) in [5, 5.41) is 2.91. The third-order valence-corrected chi connectivity index (χ3v) is 4.20. The lowest BCUT2D eigenvalue weighted by atomic mass is 9.87. The lowest BCUT2D eigenvalue weighted by molar-refractivity contribution is -0.121. The topological polar surface area (TPSA) is 79.5 Å². The summed E-state index contributed by atoms with van der Waals surface area (Å²) in [6, 6.07) is 13.9. The average molecular weight is 420 g/mol. The van der Waals surface area contributed by atoms with Crippen LogP contribution in [0.25, 0.3) is 0 Å². The van der Waals surface area contributed by atoms with E-state index in [9.17, 15) is 9.59 Å². The molecule has 148 valence electrons. The molecule has 0 unspecified atom stereocenters. The van der Waals surface area contributed by atoms with Crippen LogP contribution in [0.3, 0.4) is 0 Å². The molecule has 8 heteroatoms. The lowest BCUT2D eigenvalue weighted by Crippen LogP contribution is -2.49. The monoisotopic (exact) mass is 419 g/mol. The first kappa shape index (κ1) is 21.7. The van der Waals surface area contributed by atoms with Crippen molar-refractivity contribution < 1.29 is 14.3 Å². The second kappa shape index (κ2) is 9.52. The number of carbonyl (C=O) groups excluding carboxylic acids is 2. The van der Waals surface area contributed by atoms with Gasteiger partial charge in [0.2, 0.25) is 0 Å². The lowest BCUT2D eigenvalue weighted by Gasteiger charge is -2.19. The highest BCUT2D eigenvalue weighted by atomic mass is 35.5. The number of hydrogen-bond donors (Lipinski definition) is 3. The van der Waals surface area contributed by atoms with Crippen LogP contribution in [0.2, 0.25) is 5.02 Å². The van der Waals surface area contributed by atoms with Crippen LogP contribution in [0, 0.1) is 0 Å². The number of carbonyl (C=O) groups is 2. The maximum Gasteiger partial charge on any atom is 0.269 e. The van der Waals surface area contributed by atoms with Crippen molar-refractivity contribution in [3.8, 4) is 5.75 Å². The largest absolute Gasteiger partial charge is 0.484 e. The molecule has 0 saturated heterocycles. The van der Waals surface area contributed by atoms with Crippen molar-refractivity contribution >= 4 is 40.7 Å². The molecule has 0 fully saturated rings. The second-order valence-electron chi connectivity index (χ2n) is 7.03. The van der Waals surface area contributed by atoms with Crippen molar-refractivity contribution in [2.24, 2.45) is 0 Å². The van der Waals surface area contributed by atoms with E-state index in [4.69, 9.17) is 28.6 Å². The number of nitrogens with one attached hydrogen (secondary N) is 3. The van der Waals surface area contributed by atoms with E-state index in [2.05, 4.69) is 36.9 Å². The SMILES string of the molecule is CC(C)(C)c1ccc(OCC(=O)NC(=S)NNC(=O)c2ccc(Cl)cc2)cc1. The third kappa shape index (κ3) is 6.83. The van der Waals surface area contributed by atoms with E-state index in [0.29, 0.717) is 16.3 Å². The molecule has 0 aromatic heterocycles. The number of hydrogen-bond acceptors (Lipinski definition) is 4. The standard InChI is InChI=1S/C20H22ClN3O3S/c1-20(2,3)14-6-10-16(11-7-14)27-12-17(25)22-19(28)24-23-18(26)13-4-8-15(21)9-5-13/h4-11H,12H2,1-3H3,(H,23,26)(H2,22,24,25,28). The van der Waals surface area contributed by atoms with Gasteiger partial charge in [0.05, 0.1) is 0 Å². The van der Waals surface area contributed by atoms with Gasteiger partial charge >= 0.3 is 0 Å². The summed E-state index contributed by atoms with van der Waals surface area (Å²) in [7, 11) is 0. The van der Waals surface area contributed by atoms with Gasteiger partial charge in [-0.3, -0.25) is 25.8 Å². The molecule has 3 N–H and O–H groups in total. The molecule has 0 bridgehead atoms. The van der Waals surface area contributed by atoms with Gasteiger partial charge < -0.3 is 4.74 Å². The predicted molar refractivity (Wildman–Crippen MR) is 113 cm³/mol. The highest BCUT2D eigenvalue weighted by molar-refractivity contribution is 7.80. The molecule has 0 heterocycles. The smallest absolute Gasteiger partial charge is 0.269 e. The van der Waals surface area contributed by atoms with E-state index in [1.165, 1.54) is 5.56 Å². The molecule has 2 aromatic carbocycles. The number of ether oxygens (including phenoxy) is 1. The Bertz CT molecular complexity index is 846. The summed E-state index contributed by atoms with van der Waals surface area (Å²) in [4.78, 5) is 23.9. The Hall–Kier alpha value is -2.64. The zero-order chi connectivity index (χ0) is 20.7. The Morgan fingerprint density at radius 2 is 1.61 bits per heavy atom. The molecule has 0 spiro atoms. The van der Waals surface area contributed by atoms with E-state index in [-0.39, 0.29) is 17.1 Å². The Balaban J connectivity index is 1.74. The number of amides is 2. The zero-order valence-corrected chi connectivity index (χ0v) is 17.4. The highest BCUT2D eigenvalue weighted by Crippen LogP contribution is 2.24. The van der Waals surface area contributed by atoms with Gasteiger partial charge in [0, 0.05) is 10.6 Å². The van der Waals surface area contributed by atoms with Crippen LogP contribution in [-0.4, -0.2) is 23.5 Å². The first-order valence-corrected chi connectivity index (χ1v) is 9.33. The minimum Gasteiger partial charge on any atom is -0.484 e. The van der Waals surface area contributed by atoms with Gasteiger partial charge in [-0.25, -0.2) is 0 Å². The fraction of sp³-hybridized carbons (Fsp3) is 0.250. The summed E-state index contributed by atoms with van der Waals surface area (Å²) < 4.78 is 5.44. The van der Waals surface area contributed by atoms with Gasteiger partial charge in [-0.1, -0.05) is 44.5 Å². The van der Waals surface area contributed by atoms with Gasteiger partial charge in [-0.15, -0.1) is 0 Å². The molecule has 0 radical (unpaired) electrons. The van der Waals surface area contributed by atoms with Crippen molar-refractivity contribution in [3.05, 3.63) is 64.7 Å². The fourth-order valence-electron chi connectivity index (χ4n) is 2.18. The second-order valence-corrected chi connectivity index (χ2v) is 7.87. The van der Waals surface area contributed by atoms with E-state index in [1.54, 1.807) is 24.3 Å². The Morgan fingerprint density at radius 3 is 2.18 bits per heavy atom. The van der Waals surface area contributed by atoms with Gasteiger partial charge in [-0.2, -0.15) is 0 Å². The van der Waals surface area contributed by atoms with Crippen LogP contribution >= 0.6 is 23.8 Å². The molecule has 2 aromatic rings. The molecule has 0 aliphatic rings. The fourth-order valence-corrected chi connectivity index (χ4v) is 2.47. The van der Waals surface area contributed by atoms with Gasteiger partial charge in [-0.05, 0) is 59.6 Å². The van der Waals surface area contributed by atoms with Crippen LogP contribution in [0.1, 0.15) is 36.7 Å². The summed E-state index contributed by atoms with van der Waals surface area (Å²) in [6.45, 7) is 6.16. The molecule has 0 atom stereocenters. The zero-order valence-electron chi connectivity index (χ0n) is 15.8. The van der Waals surface area contributed by atoms with Crippen LogP contribution in [0.15, 0.2) is 48.5 Å². The number of halogens is 1. The van der Waals surface area contributed by atoms with Crippen molar-refractivity contribution in [1.82, 2.24) is 16.2 Å². The first-order chi connectivity index (χ1) is 13.1. The Morgan fingerprint density at radius 1 is 1.00 bits per heavy atom. The molecular weight excluding hydrogens is 398 g/mol. The van der Waals surface area contributed by atoms with Crippen LogP contribution in [0.5, 0.6) is 5.75 Å². The molecule has 0 saturated carbocycles. The van der Waals surface area contributed by atoms with Gasteiger partial charge in [0.15, 0.2) is 11.7 Å². The average Bonchev–Trinajstić information content (AvgIpc) is 2.64. The molecule has 28 heavy (non-hydrogen) atoms.